The van der Waals surface area contributed by atoms with Gasteiger partial charge in [-0.1, -0.05) is 79.1 Å². The van der Waals surface area contributed by atoms with Crippen molar-refractivity contribution in [2.75, 3.05) is 0 Å². The van der Waals surface area contributed by atoms with Crippen LogP contribution >= 0.6 is 0 Å². The first-order valence-electron chi connectivity index (χ1n) is 14.9. The molecule has 3 fully saturated rings. The maximum absolute atomic E-state index is 9.72. The van der Waals surface area contributed by atoms with E-state index >= 15 is 0 Å². The van der Waals surface area contributed by atoms with Crippen molar-refractivity contribution in [3.05, 3.63) is 0 Å². The molecule has 5 nitrogen and oxygen atoms in total. The Morgan fingerprint density at radius 3 is 1.83 bits per heavy atom. The van der Waals surface area contributed by atoms with E-state index < -0.39 is 14.6 Å². The topological polar surface area (TPSA) is 57.2 Å². The number of hydrogen-bond acceptors (Lipinski definition) is 5. The third kappa shape index (κ3) is 8.78. The standard InChI is InChI=1S/C29H56O5Si/c1-7-8-9-10-11-12-13-14-15-27(34-35(5,6)29(2,3)4)26-19-18-23(32-26)22-16-17-24(31-22)25-20-21-28(30)33-25/h22-28,30H,7-21H2,1-6H3/t22-,23-,24-,25-,26-,27-,28?/m0/s1. The van der Waals surface area contributed by atoms with Crippen LogP contribution < -0.4 is 0 Å². The number of aliphatic hydroxyl groups excluding tert-OH is 1. The van der Waals surface area contributed by atoms with Gasteiger partial charge in [-0.2, -0.15) is 0 Å². The van der Waals surface area contributed by atoms with Crippen molar-refractivity contribution in [3.63, 3.8) is 0 Å². The molecule has 6 heteroatoms. The second-order valence-corrected chi connectivity index (χ2v) is 17.7. The zero-order chi connectivity index (χ0) is 25.5. The molecule has 0 radical (unpaired) electrons. The fraction of sp³-hybridized carbons (Fsp3) is 1.00. The van der Waals surface area contributed by atoms with Gasteiger partial charge in [0, 0.05) is 6.42 Å². The molecule has 0 saturated carbocycles. The molecule has 3 heterocycles. The van der Waals surface area contributed by atoms with Crippen molar-refractivity contribution in [1.29, 1.82) is 0 Å². The smallest absolute Gasteiger partial charge is 0.192 e. The van der Waals surface area contributed by atoms with Crippen LogP contribution in [0.1, 0.15) is 124 Å². The van der Waals surface area contributed by atoms with Crippen LogP contribution in [0, 0.1) is 0 Å². The van der Waals surface area contributed by atoms with E-state index in [9.17, 15) is 5.11 Å². The van der Waals surface area contributed by atoms with Gasteiger partial charge in [-0.15, -0.1) is 0 Å². The van der Waals surface area contributed by atoms with E-state index in [0.717, 1.165) is 44.9 Å². The molecule has 0 amide bonds. The zero-order valence-corrected chi connectivity index (χ0v) is 24.7. The van der Waals surface area contributed by atoms with E-state index in [2.05, 4.69) is 40.8 Å². The van der Waals surface area contributed by atoms with Crippen LogP contribution in [-0.4, -0.2) is 56.3 Å². The second kappa shape index (κ2) is 13.7. The van der Waals surface area contributed by atoms with E-state index in [1.165, 1.54) is 51.4 Å². The van der Waals surface area contributed by atoms with Crippen molar-refractivity contribution in [2.24, 2.45) is 0 Å². The van der Waals surface area contributed by atoms with Gasteiger partial charge in [-0.25, -0.2) is 0 Å². The molecule has 0 aromatic rings. The number of hydrogen-bond donors (Lipinski definition) is 1. The van der Waals surface area contributed by atoms with Gasteiger partial charge < -0.3 is 23.7 Å². The Balaban J connectivity index is 1.49. The lowest BCUT2D eigenvalue weighted by molar-refractivity contribution is -0.145. The summed E-state index contributed by atoms with van der Waals surface area (Å²) in [5.74, 6) is 0. The van der Waals surface area contributed by atoms with E-state index in [1.807, 2.05) is 0 Å². The Labute approximate surface area is 217 Å². The van der Waals surface area contributed by atoms with E-state index in [1.54, 1.807) is 0 Å². The quantitative estimate of drug-likeness (QED) is 0.193. The third-order valence-electron chi connectivity index (χ3n) is 9.04. The first-order chi connectivity index (χ1) is 16.6. The van der Waals surface area contributed by atoms with Gasteiger partial charge in [-0.3, -0.25) is 0 Å². The van der Waals surface area contributed by atoms with Gasteiger partial charge in [0.2, 0.25) is 0 Å². The lowest BCUT2D eigenvalue weighted by Gasteiger charge is -2.41. The Morgan fingerprint density at radius 2 is 1.26 bits per heavy atom. The second-order valence-electron chi connectivity index (χ2n) is 13.0. The number of unbranched alkanes of at least 4 members (excludes halogenated alkanes) is 7. The Bertz CT molecular complexity index is 606. The number of ether oxygens (including phenoxy) is 3. The summed E-state index contributed by atoms with van der Waals surface area (Å²) in [4.78, 5) is 0. The Hall–Kier alpha value is 0.0169. The highest BCUT2D eigenvalue weighted by Gasteiger charge is 2.45. The van der Waals surface area contributed by atoms with Crippen LogP contribution in [0.2, 0.25) is 18.1 Å². The summed E-state index contributed by atoms with van der Waals surface area (Å²) in [6, 6.07) is 0. The fourth-order valence-electron chi connectivity index (χ4n) is 5.75. The number of aliphatic hydroxyl groups is 1. The van der Waals surface area contributed by atoms with Gasteiger partial charge in [0.15, 0.2) is 14.6 Å². The average molecular weight is 513 g/mol. The van der Waals surface area contributed by atoms with Crippen LogP contribution in [-0.2, 0) is 18.6 Å². The summed E-state index contributed by atoms with van der Waals surface area (Å²) < 4.78 is 25.8. The molecule has 7 atom stereocenters. The highest BCUT2D eigenvalue weighted by molar-refractivity contribution is 6.74. The van der Waals surface area contributed by atoms with Crippen LogP contribution in [0.5, 0.6) is 0 Å². The highest BCUT2D eigenvalue weighted by atomic mass is 28.4. The predicted molar refractivity (Wildman–Crippen MR) is 145 cm³/mol. The molecule has 3 aliphatic heterocycles. The monoisotopic (exact) mass is 512 g/mol. The Kier molecular flexibility index (Phi) is 11.6. The molecule has 0 bridgehead atoms. The van der Waals surface area contributed by atoms with Crippen LogP contribution in [0.25, 0.3) is 0 Å². The molecule has 0 aromatic carbocycles. The molecule has 3 rings (SSSR count). The molecular weight excluding hydrogens is 456 g/mol. The van der Waals surface area contributed by atoms with Gasteiger partial charge in [0.1, 0.15) is 0 Å². The summed E-state index contributed by atoms with van der Waals surface area (Å²) in [5.41, 5.74) is 0. The molecular formula is C29H56O5Si. The summed E-state index contributed by atoms with van der Waals surface area (Å²) in [6.07, 6.45) is 17.9. The summed E-state index contributed by atoms with van der Waals surface area (Å²) in [5, 5.41) is 9.93. The van der Waals surface area contributed by atoms with Gasteiger partial charge >= 0.3 is 0 Å². The molecule has 0 aliphatic carbocycles. The molecule has 3 aliphatic rings. The molecule has 3 saturated heterocycles. The SMILES string of the molecule is CCCCCCCCCC[C@H](O[Si](C)(C)C(C)(C)C)[C@@H]1CC[C@@H]([C@@H]2CC[C@@H]([C@@H]3CCC(O)O3)O2)O1. The lowest BCUT2D eigenvalue weighted by Crippen LogP contribution is -2.47. The van der Waals surface area contributed by atoms with Crippen molar-refractivity contribution in [1.82, 2.24) is 0 Å². The maximum Gasteiger partial charge on any atom is 0.192 e. The van der Waals surface area contributed by atoms with Crippen molar-refractivity contribution in [2.45, 2.75) is 185 Å². The van der Waals surface area contributed by atoms with Gasteiger partial charge in [-0.05, 0) is 56.7 Å². The van der Waals surface area contributed by atoms with Crippen LogP contribution in [0.3, 0.4) is 0 Å². The molecule has 0 aromatic heterocycles. The van der Waals surface area contributed by atoms with Gasteiger partial charge in [0.25, 0.3) is 0 Å². The van der Waals surface area contributed by atoms with Crippen LogP contribution in [0.15, 0.2) is 0 Å². The average Bonchev–Trinajstić information content (AvgIpc) is 3.54. The summed E-state index contributed by atoms with van der Waals surface area (Å²) >= 11 is 0. The van der Waals surface area contributed by atoms with Gasteiger partial charge in [0.05, 0.1) is 36.6 Å². The van der Waals surface area contributed by atoms with E-state index in [-0.39, 0.29) is 41.7 Å². The summed E-state index contributed by atoms with van der Waals surface area (Å²) in [7, 11) is -1.87. The maximum atomic E-state index is 9.72. The van der Waals surface area contributed by atoms with Crippen molar-refractivity contribution >= 4 is 8.32 Å². The van der Waals surface area contributed by atoms with E-state index in [4.69, 9.17) is 18.6 Å². The Morgan fingerprint density at radius 1 is 0.743 bits per heavy atom. The van der Waals surface area contributed by atoms with E-state index in [0.29, 0.717) is 0 Å². The van der Waals surface area contributed by atoms with Crippen molar-refractivity contribution in [3.8, 4) is 0 Å². The third-order valence-corrected chi connectivity index (χ3v) is 13.5. The number of rotatable bonds is 14. The normalized spacial score (nSPS) is 33.0. The lowest BCUT2D eigenvalue weighted by atomic mass is 10.0. The molecule has 1 N–H and O–H groups in total. The molecule has 0 spiro atoms. The van der Waals surface area contributed by atoms with Crippen LogP contribution in [0.4, 0.5) is 0 Å². The minimum absolute atomic E-state index is 0.0452. The molecule has 206 valence electrons. The molecule has 35 heavy (non-hydrogen) atoms. The zero-order valence-electron chi connectivity index (χ0n) is 23.7. The first-order valence-corrected chi connectivity index (χ1v) is 17.8. The minimum Gasteiger partial charge on any atom is -0.411 e. The van der Waals surface area contributed by atoms with Crippen molar-refractivity contribution < 1.29 is 23.7 Å². The molecule has 1 unspecified atom stereocenters. The predicted octanol–water partition coefficient (Wildman–Crippen LogP) is 7.50. The largest absolute Gasteiger partial charge is 0.411 e. The first kappa shape index (κ1) is 29.6. The fourth-order valence-corrected chi connectivity index (χ4v) is 7.13. The highest BCUT2D eigenvalue weighted by Crippen LogP contribution is 2.41. The summed E-state index contributed by atoms with van der Waals surface area (Å²) in [6.45, 7) is 14.0. The minimum atomic E-state index is -1.87.